The Kier molecular flexibility index (Phi) is 5.82. The SMILES string of the molecule is COCCn1c(=NC(=O)c2cc(Cl)cc(Cl)c2)sc2c(C)cc(C)cc21. The summed E-state index contributed by atoms with van der Waals surface area (Å²) in [5.74, 6) is -0.374. The second kappa shape index (κ2) is 7.92. The summed E-state index contributed by atoms with van der Waals surface area (Å²) in [6.45, 7) is 5.26. The van der Waals surface area contributed by atoms with E-state index in [1.54, 1.807) is 25.3 Å². The molecule has 0 saturated heterocycles. The Morgan fingerprint density at radius 3 is 2.50 bits per heavy atom. The van der Waals surface area contributed by atoms with Crippen LogP contribution in [0.25, 0.3) is 10.2 Å². The third-order valence-corrected chi connectivity index (χ3v) is 5.61. The number of fused-ring (bicyclic) bond motifs is 1. The van der Waals surface area contributed by atoms with Crippen LogP contribution in [0.5, 0.6) is 0 Å². The van der Waals surface area contributed by atoms with Crippen LogP contribution in [0.1, 0.15) is 21.5 Å². The van der Waals surface area contributed by atoms with Crippen LogP contribution in [0.2, 0.25) is 10.0 Å². The van der Waals surface area contributed by atoms with Crippen molar-refractivity contribution in [3.05, 3.63) is 61.9 Å². The van der Waals surface area contributed by atoms with E-state index in [2.05, 4.69) is 31.0 Å². The molecule has 2 aromatic carbocycles. The molecular formula is C19H18Cl2N2O2S. The van der Waals surface area contributed by atoms with Crippen LogP contribution in [0, 0.1) is 13.8 Å². The Labute approximate surface area is 165 Å². The standard InChI is InChI=1S/C19H18Cl2N2O2S/c1-11-6-12(2)17-16(7-11)23(4-5-25-3)19(26-17)22-18(24)13-8-14(20)10-15(21)9-13/h6-10H,4-5H2,1-3H3. The lowest BCUT2D eigenvalue weighted by molar-refractivity contribution is 0.0997. The molecule has 0 aliphatic heterocycles. The molecule has 0 bridgehead atoms. The minimum Gasteiger partial charge on any atom is -0.383 e. The van der Waals surface area contributed by atoms with Gasteiger partial charge < -0.3 is 9.30 Å². The third kappa shape index (κ3) is 4.01. The molecule has 0 unspecified atom stereocenters. The van der Waals surface area contributed by atoms with Gasteiger partial charge in [-0.3, -0.25) is 4.79 Å². The largest absolute Gasteiger partial charge is 0.383 e. The van der Waals surface area contributed by atoms with Crippen LogP contribution in [0.3, 0.4) is 0 Å². The molecule has 0 fully saturated rings. The maximum absolute atomic E-state index is 12.7. The summed E-state index contributed by atoms with van der Waals surface area (Å²) >= 11 is 13.5. The van der Waals surface area contributed by atoms with Crippen LogP contribution >= 0.6 is 34.5 Å². The van der Waals surface area contributed by atoms with Gasteiger partial charge in [0.05, 0.1) is 16.8 Å². The average molecular weight is 409 g/mol. The topological polar surface area (TPSA) is 43.6 Å². The number of thiazole rings is 1. The molecule has 4 nitrogen and oxygen atoms in total. The Morgan fingerprint density at radius 1 is 1.15 bits per heavy atom. The molecule has 3 aromatic rings. The van der Waals surface area contributed by atoms with E-state index in [0.717, 1.165) is 15.8 Å². The number of hydrogen-bond acceptors (Lipinski definition) is 3. The van der Waals surface area contributed by atoms with Gasteiger partial charge in [-0.2, -0.15) is 4.99 Å². The molecule has 0 radical (unpaired) electrons. The predicted molar refractivity (Wildman–Crippen MR) is 108 cm³/mol. The van der Waals surface area contributed by atoms with Crippen molar-refractivity contribution in [1.82, 2.24) is 4.57 Å². The molecule has 1 heterocycles. The Bertz CT molecular complexity index is 1030. The van der Waals surface area contributed by atoms with Crippen molar-refractivity contribution < 1.29 is 9.53 Å². The second-order valence-electron chi connectivity index (χ2n) is 6.03. The second-order valence-corrected chi connectivity index (χ2v) is 7.88. The normalized spacial score (nSPS) is 12.1. The highest BCUT2D eigenvalue weighted by atomic mass is 35.5. The number of ether oxygens (including phenoxy) is 1. The smallest absolute Gasteiger partial charge is 0.279 e. The zero-order chi connectivity index (χ0) is 18.8. The number of hydrogen-bond donors (Lipinski definition) is 0. The monoisotopic (exact) mass is 408 g/mol. The minimum absolute atomic E-state index is 0.367. The molecule has 0 N–H and O–H groups in total. The lowest BCUT2D eigenvalue weighted by Crippen LogP contribution is -2.19. The fourth-order valence-corrected chi connectivity index (χ4v) is 4.46. The number of nitrogens with zero attached hydrogens (tertiary/aromatic N) is 2. The lowest BCUT2D eigenvalue weighted by Gasteiger charge is -2.06. The van der Waals surface area contributed by atoms with Crippen molar-refractivity contribution >= 4 is 50.7 Å². The fourth-order valence-electron chi connectivity index (χ4n) is 2.83. The van der Waals surface area contributed by atoms with E-state index < -0.39 is 0 Å². The molecule has 1 aromatic heterocycles. The van der Waals surface area contributed by atoms with E-state index in [1.165, 1.54) is 16.9 Å². The van der Waals surface area contributed by atoms with Gasteiger partial charge in [-0.25, -0.2) is 0 Å². The van der Waals surface area contributed by atoms with Crippen LogP contribution in [0.4, 0.5) is 0 Å². The van der Waals surface area contributed by atoms with Gasteiger partial charge >= 0.3 is 0 Å². The number of carbonyl (C=O) groups excluding carboxylic acids is 1. The van der Waals surface area contributed by atoms with Crippen molar-refractivity contribution in [1.29, 1.82) is 0 Å². The summed E-state index contributed by atoms with van der Waals surface area (Å²) in [7, 11) is 1.65. The van der Waals surface area contributed by atoms with Crippen LogP contribution in [-0.4, -0.2) is 24.2 Å². The molecule has 0 aliphatic carbocycles. The van der Waals surface area contributed by atoms with E-state index in [0.29, 0.717) is 33.6 Å². The maximum atomic E-state index is 12.7. The van der Waals surface area contributed by atoms with Gasteiger partial charge in [0.15, 0.2) is 4.80 Å². The first-order valence-electron chi connectivity index (χ1n) is 8.03. The quantitative estimate of drug-likeness (QED) is 0.608. The number of rotatable bonds is 4. The molecule has 3 rings (SSSR count). The molecule has 0 saturated carbocycles. The van der Waals surface area contributed by atoms with E-state index in [1.807, 2.05) is 4.57 Å². The van der Waals surface area contributed by atoms with E-state index in [-0.39, 0.29) is 5.91 Å². The summed E-state index contributed by atoms with van der Waals surface area (Å²) in [5.41, 5.74) is 3.75. The minimum atomic E-state index is -0.374. The van der Waals surface area contributed by atoms with Crippen molar-refractivity contribution in [2.75, 3.05) is 13.7 Å². The van der Waals surface area contributed by atoms with Gasteiger partial charge in [0.25, 0.3) is 5.91 Å². The van der Waals surface area contributed by atoms with Gasteiger partial charge in [-0.1, -0.05) is 40.6 Å². The highest BCUT2D eigenvalue weighted by molar-refractivity contribution is 7.16. The molecule has 0 atom stereocenters. The van der Waals surface area contributed by atoms with Crippen LogP contribution in [-0.2, 0) is 11.3 Å². The van der Waals surface area contributed by atoms with E-state index >= 15 is 0 Å². The van der Waals surface area contributed by atoms with Crippen LogP contribution in [0.15, 0.2) is 35.3 Å². The number of aryl methyl sites for hydroxylation is 2. The lowest BCUT2D eigenvalue weighted by atomic mass is 10.1. The maximum Gasteiger partial charge on any atom is 0.279 e. The number of methoxy groups -OCH3 is 1. The predicted octanol–water partition coefficient (Wildman–Crippen LogP) is 5.01. The molecule has 136 valence electrons. The van der Waals surface area contributed by atoms with Crippen LogP contribution < -0.4 is 4.80 Å². The number of amides is 1. The van der Waals surface area contributed by atoms with E-state index in [9.17, 15) is 4.79 Å². The Hall–Kier alpha value is -1.66. The molecule has 0 aliphatic rings. The molecular weight excluding hydrogens is 391 g/mol. The first-order chi connectivity index (χ1) is 12.4. The summed E-state index contributed by atoms with van der Waals surface area (Å²) < 4.78 is 8.36. The molecule has 0 spiro atoms. The average Bonchev–Trinajstić information content (AvgIpc) is 2.89. The van der Waals surface area contributed by atoms with Gasteiger partial charge in [0.2, 0.25) is 0 Å². The van der Waals surface area contributed by atoms with E-state index in [4.69, 9.17) is 27.9 Å². The zero-order valence-corrected chi connectivity index (χ0v) is 17.0. The van der Waals surface area contributed by atoms with Gasteiger partial charge in [-0.05, 0) is 49.2 Å². The summed E-state index contributed by atoms with van der Waals surface area (Å²) in [5, 5.41) is 0.817. The number of aromatic nitrogens is 1. The highest BCUT2D eigenvalue weighted by Gasteiger charge is 2.12. The molecule has 26 heavy (non-hydrogen) atoms. The Balaban J connectivity index is 2.17. The van der Waals surface area contributed by atoms with Crippen molar-refractivity contribution in [2.24, 2.45) is 4.99 Å². The number of halogens is 2. The summed E-state index contributed by atoms with van der Waals surface area (Å²) in [6.07, 6.45) is 0. The van der Waals surface area contributed by atoms with Gasteiger partial charge in [0, 0.05) is 29.3 Å². The van der Waals surface area contributed by atoms with Crippen molar-refractivity contribution in [2.45, 2.75) is 20.4 Å². The number of carbonyl (C=O) groups is 1. The molecule has 7 heteroatoms. The van der Waals surface area contributed by atoms with Gasteiger partial charge in [0.1, 0.15) is 0 Å². The number of benzene rings is 2. The third-order valence-electron chi connectivity index (χ3n) is 3.94. The van der Waals surface area contributed by atoms with Crippen molar-refractivity contribution in [3.8, 4) is 0 Å². The van der Waals surface area contributed by atoms with Crippen molar-refractivity contribution in [3.63, 3.8) is 0 Å². The summed E-state index contributed by atoms with van der Waals surface area (Å²) in [4.78, 5) is 17.6. The zero-order valence-electron chi connectivity index (χ0n) is 14.7. The summed E-state index contributed by atoms with van der Waals surface area (Å²) in [6, 6.07) is 8.96. The molecule has 1 amide bonds. The van der Waals surface area contributed by atoms with Gasteiger partial charge in [-0.15, -0.1) is 0 Å². The Morgan fingerprint density at radius 2 is 1.85 bits per heavy atom. The highest BCUT2D eigenvalue weighted by Crippen LogP contribution is 2.24. The first kappa shape index (κ1) is 19.1. The first-order valence-corrected chi connectivity index (χ1v) is 9.61. The fraction of sp³-hybridized carbons (Fsp3) is 0.263.